The summed E-state index contributed by atoms with van der Waals surface area (Å²) in [6.45, 7) is 1.49. The minimum absolute atomic E-state index is 0.133. The number of aliphatic carboxylic acids is 1. The van der Waals surface area contributed by atoms with Gasteiger partial charge in [-0.3, -0.25) is 0 Å². The van der Waals surface area contributed by atoms with Crippen molar-refractivity contribution in [2.45, 2.75) is 25.0 Å². The molecule has 2 saturated heterocycles. The summed E-state index contributed by atoms with van der Waals surface area (Å²) in [7, 11) is 0. The van der Waals surface area contributed by atoms with Gasteiger partial charge in [-0.1, -0.05) is 0 Å². The van der Waals surface area contributed by atoms with Crippen molar-refractivity contribution in [3.8, 4) is 0 Å². The number of aliphatic hydroxyl groups excluding tert-OH is 1. The normalized spacial score (nSPS) is 28.5. The van der Waals surface area contributed by atoms with Crippen molar-refractivity contribution in [2.24, 2.45) is 0 Å². The van der Waals surface area contributed by atoms with E-state index in [0.717, 1.165) is 6.42 Å². The zero-order valence-corrected chi connectivity index (χ0v) is 10.1. The Morgan fingerprint density at radius 1 is 1.33 bits per heavy atom. The van der Waals surface area contributed by atoms with E-state index in [0.29, 0.717) is 32.7 Å². The fraction of sp³-hybridized carbons (Fsp3) is 0.818. The van der Waals surface area contributed by atoms with Crippen LogP contribution in [0.25, 0.3) is 0 Å². The molecule has 0 aromatic rings. The van der Waals surface area contributed by atoms with Crippen LogP contribution in [0, 0.1) is 0 Å². The van der Waals surface area contributed by atoms with E-state index in [4.69, 9.17) is 14.9 Å². The molecule has 0 aromatic carbocycles. The Hall–Kier alpha value is -1.34. The lowest BCUT2D eigenvalue weighted by Crippen LogP contribution is -2.54. The van der Waals surface area contributed by atoms with E-state index >= 15 is 0 Å². The Labute approximate surface area is 105 Å². The van der Waals surface area contributed by atoms with Gasteiger partial charge in [0.25, 0.3) is 0 Å². The Kier molecular flexibility index (Phi) is 4.03. The van der Waals surface area contributed by atoms with Crippen LogP contribution in [0.4, 0.5) is 4.79 Å². The summed E-state index contributed by atoms with van der Waals surface area (Å²) in [6, 6.07) is -0.977. The summed E-state index contributed by atoms with van der Waals surface area (Å²) >= 11 is 0. The van der Waals surface area contributed by atoms with Crippen molar-refractivity contribution >= 4 is 12.0 Å². The SMILES string of the molecule is O=C(O)[C@H]1CCCN1C(=O)N1CCOC(CO)C1. The quantitative estimate of drug-likeness (QED) is 0.687. The zero-order chi connectivity index (χ0) is 13.1. The second-order valence-electron chi connectivity index (χ2n) is 4.59. The van der Waals surface area contributed by atoms with Gasteiger partial charge in [-0.2, -0.15) is 0 Å². The Morgan fingerprint density at radius 3 is 2.78 bits per heavy atom. The topological polar surface area (TPSA) is 90.3 Å². The minimum Gasteiger partial charge on any atom is -0.480 e. The standard InChI is InChI=1S/C11H18N2O5/c14-7-8-6-12(4-5-18-8)11(17)13-3-1-2-9(13)10(15)16/h8-9,14H,1-7H2,(H,15,16)/t8?,9-/m1/s1. The molecule has 102 valence electrons. The van der Waals surface area contributed by atoms with Gasteiger partial charge in [-0.05, 0) is 12.8 Å². The average molecular weight is 258 g/mol. The lowest BCUT2D eigenvalue weighted by atomic mass is 10.2. The van der Waals surface area contributed by atoms with Crippen molar-refractivity contribution in [2.75, 3.05) is 32.8 Å². The molecule has 2 atom stereocenters. The molecular weight excluding hydrogens is 240 g/mol. The van der Waals surface area contributed by atoms with Crippen LogP contribution < -0.4 is 0 Å². The molecule has 0 spiro atoms. The number of carboxylic acids is 1. The highest BCUT2D eigenvalue weighted by Crippen LogP contribution is 2.20. The number of likely N-dealkylation sites (tertiary alicyclic amines) is 1. The van der Waals surface area contributed by atoms with Crippen LogP contribution in [-0.4, -0.2) is 77.0 Å². The summed E-state index contributed by atoms with van der Waals surface area (Å²) in [5.74, 6) is -0.951. The molecule has 2 heterocycles. The maximum atomic E-state index is 12.2. The van der Waals surface area contributed by atoms with Crippen LogP contribution in [0.5, 0.6) is 0 Å². The number of ether oxygens (including phenoxy) is 1. The van der Waals surface area contributed by atoms with Gasteiger partial charge in [0, 0.05) is 13.1 Å². The molecule has 0 saturated carbocycles. The van der Waals surface area contributed by atoms with Gasteiger partial charge < -0.3 is 24.7 Å². The van der Waals surface area contributed by atoms with Gasteiger partial charge in [0.05, 0.1) is 25.9 Å². The number of carbonyl (C=O) groups is 2. The molecule has 2 fully saturated rings. The maximum absolute atomic E-state index is 12.2. The number of hydrogen-bond donors (Lipinski definition) is 2. The Morgan fingerprint density at radius 2 is 2.11 bits per heavy atom. The summed E-state index contributed by atoms with van der Waals surface area (Å²) in [6.07, 6.45) is 0.860. The van der Waals surface area contributed by atoms with Crippen molar-refractivity contribution in [3.05, 3.63) is 0 Å². The summed E-state index contributed by atoms with van der Waals surface area (Å²) in [4.78, 5) is 26.2. The molecule has 0 aromatic heterocycles. The molecule has 1 unspecified atom stereocenters. The third kappa shape index (κ3) is 2.56. The molecule has 7 nitrogen and oxygen atoms in total. The number of hydrogen-bond acceptors (Lipinski definition) is 4. The van der Waals surface area contributed by atoms with Crippen LogP contribution >= 0.6 is 0 Å². The predicted molar refractivity (Wildman–Crippen MR) is 61.2 cm³/mol. The van der Waals surface area contributed by atoms with E-state index in [1.54, 1.807) is 4.90 Å². The van der Waals surface area contributed by atoms with E-state index in [1.807, 2.05) is 0 Å². The monoisotopic (exact) mass is 258 g/mol. The highest BCUT2D eigenvalue weighted by atomic mass is 16.5. The van der Waals surface area contributed by atoms with Crippen LogP contribution in [0.15, 0.2) is 0 Å². The van der Waals surface area contributed by atoms with E-state index in [2.05, 4.69) is 0 Å². The highest BCUT2D eigenvalue weighted by Gasteiger charge is 2.37. The fourth-order valence-electron chi connectivity index (χ4n) is 2.44. The third-order valence-corrected chi connectivity index (χ3v) is 3.40. The molecule has 2 rings (SSSR count). The van der Waals surface area contributed by atoms with Crippen molar-refractivity contribution in [3.63, 3.8) is 0 Å². The van der Waals surface area contributed by atoms with Gasteiger partial charge in [0.1, 0.15) is 6.04 Å². The first-order chi connectivity index (χ1) is 8.63. The number of aliphatic hydroxyl groups is 1. The first kappa shape index (κ1) is 13.1. The molecule has 7 heteroatoms. The van der Waals surface area contributed by atoms with Crippen LogP contribution in [0.1, 0.15) is 12.8 Å². The number of morpholine rings is 1. The Balaban J connectivity index is 1.99. The Bertz CT molecular complexity index is 335. The summed E-state index contributed by atoms with van der Waals surface area (Å²) < 4.78 is 5.27. The zero-order valence-electron chi connectivity index (χ0n) is 10.1. The number of carbonyl (C=O) groups excluding carboxylic acids is 1. The molecule has 0 aliphatic carbocycles. The summed E-state index contributed by atoms with van der Waals surface area (Å²) in [5, 5.41) is 18.1. The van der Waals surface area contributed by atoms with Gasteiger partial charge in [-0.25, -0.2) is 9.59 Å². The smallest absolute Gasteiger partial charge is 0.326 e. The number of amides is 2. The van der Waals surface area contributed by atoms with E-state index < -0.39 is 12.0 Å². The molecule has 18 heavy (non-hydrogen) atoms. The van der Waals surface area contributed by atoms with Gasteiger partial charge >= 0.3 is 12.0 Å². The van der Waals surface area contributed by atoms with Crippen molar-refractivity contribution in [1.29, 1.82) is 0 Å². The molecule has 2 amide bonds. The molecule has 2 aliphatic heterocycles. The first-order valence-corrected chi connectivity index (χ1v) is 6.14. The highest BCUT2D eigenvalue weighted by molar-refractivity contribution is 5.83. The fourth-order valence-corrected chi connectivity index (χ4v) is 2.44. The maximum Gasteiger partial charge on any atom is 0.326 e. The lowest BCUT2D eigenvalue weighted by Gasteiger charge is -2.35. The average Bonchev–Trinajstić information content (AvgIpc) is 2.87. The molecule has 2 N–H and O–H groups in total. The van der Waals surface area contributed by atoms with Gasteiger partial charge in [-0.15, -0.1) is 0 Å². The summed E-state index contributed by atoms with van der Waals surface area (Å²) in [5.41, 5.74) is 0. The van der Waals surface area contributed by atoms with Gasteiger partial charge in [0.15, 0.2) is 0 Å². The lowest BCUT2D eigenvalue weighted by molar-refractivity contribution is -0.141. The number of urea groups is 1. The second kappa shape index (κ2) is 5.53. The molecular formula is C11H18N2O5. The largest absolute Gasteiger partial charge is 0.480 e. The van der Waals surface area contributed by atoms with E-state index in [9.17, 15) is 9.59 Å². The second-order valence-corrected chi connectivity index (χ2v) is 4.59. The number of nitrogens with zero attached hydrogens (tertiary/aromatic N) is 2. The number of rotatable bonds is 2. The van der Waals surface area contributed by atoms with Crippen LogP contribution in [0.3, 0.4) is 0 Å². The van der Waals surface area contributed by atoms with E-state index in [-0.39, 0.29) is 18.7 Å². The van der Waals surface area contributed by atoms with Crippen LogP contribution in [0.2, 0.25) is 0 Å². The molecule has 0 bridgehead atoms. The molecule has 2 aliphatic rings. The first-order valence-electron chi connectivity index (χ1n) is 6.14. The third-order valence-electron chi connectivity index (χ3n) is 3.40. The minimum atomic E-state index is -0.951. The van der Waals surface area contributed by atoms with Crippen LogP contribution in [-0.2, 0) is 9.53 Å². The predicted octanol–water partition coefficient (Wildman–Crippen LogP) is -0.651. The van der Waals surface area contributed by atoms with Gasteiger partial charge in [0.2, 0.25) is 0 Å². The van der Waals surface area contributed by atoms with Crippen molar-refractivity contribution in [1.82, 2.24) is 9.80 Å². The number of carboxylic acid groups (broad SMARTS) is 1. The van der Waals surface area contributed by atoms with E-state index in [1.165, 1.54) is 4.90 Å². The molecule has 0 radical (unpaired) electrons. The van der Waals surface area contributed by atoms with Crippen molar-refractivity contribution < 1.29 is 24.5 Å².